The Morgan fingerprint density at radius 2 is 1.75 bits per heavy atom. The number of carbonyl (C=O) groups is 1. The summed E-state index contributed by atoms with van der Waals surface area (Å²) in [6.45, 7) is 2.62. The molecule has 1 amide bonds. The van der Waals surface area contributed by atoms with Gasteiger partial charge in [-0.3, -0.25) is 9.36 Å². The monoisotopic (exact) mass is 374 g/mol. The number of aromatic nitrogens is 4. The summed E-state index contributed by atoms with van der Waals surface area (Å²) in [5.41, 5.74) is 0.734. The van der Waals surface area contributed by atoms with Crippen molar-refractivity contribution < 1.29 is 9.21 Å². The molecule has 3 aromatic heterocycles. The molecule has 8 heteroatoms. The van der Waals surface area contributed by atoms with Crippen LogP contribution in [0.25, 0.3) is 16.8 Å². The van der Waals surface area contributed by atoms with Crippen LogP contribution in [0.3, 0.4) is 0 Å². The van der Waals surface area contributed by atoms with Crippen LogP contribution in [0, 0.1) is 0 Å². The number of nitrogens with zero attached hydrogens (tertiary/aromatic N) is 6. The molecule has 1 fully saturated rings. The van der Waals surface area contributed by atoms with Crippen molar-refractivity contribution >= 4 is 22.7 Å². The fourth-order valence-electron chi connectivity index (χ4n) is 3.40. The number of rotatable bonds is 3. The molecule has 0 unspecified atom stereocenters. The Morgan fingerprint density at radius 3 is 2.46 bits per heavy atom. The predicted molar refractivity (Wildman–Crippen MR) is 103 cm³/mol. The minimum atomic E-state index is -0.0719. The van der Waals surface area contributed by atoms with E-state index in [1.165, 1.54) is 0 Å². The number of benzene rings is 1. The zero-order valence-electron chi connectivity index (χ0n) is 15.1. The highest BCUT2D eigenvalue weighted by molar-refractivity contribution is 5.96. The third kappa shape index (κ3) is 2.98. The Morgan fingerprint density at radius 1 is 0.964 bits per heavy atom. The van der Waals surface area contributed by atoms with Crippen LogP contribution in [0.4, 0.5) is 5.82 Å². The first-order valence-corrected chi connectivity index (χ1v) is 9.13. The lowest BCUT2D eigenvalue weighted by Crippen LogP contribution is -2.49. The van der Waals surface area contributed by atoms with Gasteiger partial charge in [0.15, 0.2) is 17.4 Å². The van der Waals surface area contributed by atoms with Crippen LogP contribution < -0.4 is 4.90 Å². The topological polar surface area (TPSA) is 80.3 Å². The Hall–Kier alpha value is -3.68. The molecule has 1 aromatic carbocycles. The number of fused-ring (bicyclic) bond motifs is 1. The van der Waals surface area contributed by atoms with Gasteiger partial charge < -0.3 is 14.2 Å². The largest absolute Gasteiger partial charge is 0.451 e. The van der Waals surface area contributed by atoms with Gasteiger partial charge in [-0.2, -0.15) is 0 Å². The number of para-hydroxylation sites is 1. The molecule has 5 rings (SSSR count). The Kier molecular flexibility index (Phi) is 4.01. The number of carbonyl (C=O) groups excluding carboxylic acids is 1. The molecular formula is C20H18N6O2. The van der Waals surface area contributed by atoms with Crippen LogP contribution >= 0.6 is 0 Å². The van der Waals surface area contributed by atoms with Gasteiger partial charge in [-0.25, -0.2) is 4.98 Å². The lowest BCUT2D eigenvalue weighted by molar-refractivity contribution is 0.0717. The average Bonchev–Trinajstić information content (AvgIpc) is 3.43. The Bertz CT molecular complexity index is 1060. The predicted octanol–water partition coefficient (Wildman–Crippen LogP) is 2.37. The summed E-state index contributed by atoms with van der Waals surface area (Å²) < 4.78 is 7.51. The van der Waals surface area contributed by atoms with Crippen molar-refractivity contribution in [2.24, 2.45) is 0 Å². The van der Waals surface area contributed by atoms with Gasteiger partial charge in [-0.1, -0.05) is 18.2 Å². The summed E-state index contributed by atoms with van der Waals surface area (Å²) in [5, 5.41) is 9.52. The maximum atomic E-state index is 12.8. The Labute approximate surface area is 161 Å². The van der Waals surface area contributed by atoms with E-state index in [2.05, 4.69) is 20.1 Å². The summed E-state index contributed by atoms with van der Waals surface area (Å²) in [6.07, 6.45) is 5.21. The minimum absolute atomic E-state index is 0.0719. The van der Waals surface area contributed by atoms with Crippen LogP contribution in [0.15, 0.2) is 65.6 Å². The zero-order valence-corrected chi connectivity index (χ0v) is 15.1. The van der Waals surface area contributed by atoms with Crippen molar-refractivity contribution in [3.05, 3.63) is 66.9 Å². The molecule has 0 atom stereocenters. The molecule has 0 radical (unpaired) electrons. The highest BCUT2D eigenvalue weighted by atomic mass is 16.3. The van der Waals surface area contributed by atoms with Crippen LogP contribution in [0.5, 0.6) is 0 Å². The van der Waals surface area contributed by atoms with E-state index in [-0.39, 0.29) is 5.91 Å². The lowest BCUT2D eigenvalue weighted by atomic mass is 10.2. The third-order valence-electron chi connectivity index (χ3n) is 4.93. The second-order valence-electron chi connectivity index (χ2n) is 6.65. The van der Waals surface area contributed by atoms with Crippen molar-refractivity contribution in [2.75, 3.05) is 31.1 Å². The first-order valence-electron chi connectivity index (χ1n) is 9.13. The molecular weight excluding hydrogens is 356 g/mol. The van der Waals surface area contributed by atoms with E-state index in [9.17, 15) is 4.79 Å². The molecule has 0 aliphatic carbocycles. The van der Waals surface area contributed by atoms with Crippen molar-refractivity contribution in [2.45, 2.75) is 0 Å². The molecule has 1 aliphatic heterocycles. The quantitative estimate of drug-likeness (QED) is 0.548. The maximum absolute atomic E-state index is 12.8. The van der Waals surface area contributed by atoms with Crippen LogP contribution in [-0.4, -0.2) is 56.7 Å². The maximum Gasteiger partial charge on any atom is 0.289 e. The van der Waals surface area contributed by atoms with E-state index in [4.69, 9.17) is 4.42 Å². The normalized spacial score (nSPS) is 14.6. The number of hydrogen-bond acceptors (Lipinski definition) is 6. The van der Waals surface area contributed by atoms with Crippen LogP contribution in [0.1, 0.15) is 10.6 Å². The van der Waals surface area contributed by atoms with Gasteiger partial charge in [0.05, 0.1) is 0 Å². The zero-order chi connectivity index (χ0) is 18.9. The molecule has 0 bridgehead atoms. The second-order valence-corrected chi connectivity index (χ2v) is 6.65. The standard InChI is InChI=1S/C20H18N6O2/c27-20(17-13-15-3-1-2-4-16(15)28-17)25-11-9-24(10-12-25)18-5-6-19(23-22-18)26-8-7-21-14-26/h1-8,13-14H,9-12H2. The molecule has 1 aliphatic rings. The van der Waals surface area contributed by atoms with Gasteiger partial charge in [-0.15, -0.1) is 10.2 Å². The number of piperazine rings is 1. The van der Waals surface area contributed by atoms with E-state index in [1.54, 1.807) is 17.1 Å². The van der Waals surface area contributed by atoms with E-state index in [0.29, 0.717) is 31.9 Å². The Balaban J connectivity index is 1.25. The smallest absolute Gasteiger partial charge is 0.289 e. The van der Waals surface area contributed by atoms with E-state index < -0.39 is 0 Å². The van der Waals surface area contributed by atoms with Gasteiger partial charge in [0.1, 0.15) is 11.9 Å². The molecule has 8 nitrogen and oxygen atoms in total. The molecule has 4 heterocycles. The van der Waals surface area contributed by atoms with Crippen LogP contribution in [0.2, 0.25) is 0 Å². The van der Waals surface area contributed by atoms with Gasteiger partial charge in [0, 0.05) is 44.0 Å². The molecule has 0 N–H and O–H groups in total. The average molecular weight is 374 g/mol. The highest BCUT2D eigenvalue weighted by Gasteiger charge is 2.25. The second kappa shape index (κ2) is 6.80. The first-order chi connectivity index (χ1) is 13.8. The summed E-state index contributed by atoms with van der Waals surface area (Å²) in [7, 11) is 0. The van der Waals surface area contributed by atoms with Gasteiger partial charge in [0.2, 0.25) is 0 Å². The SMILES string of the molecule is O=C(c1cc2ccccc2o1)N1CCN(c2ccc(-n3ccnc3)nn2)CC1. The number of hydrogen-bond donors (Lipinski definition) is 0. The van der Waals surface area contributed by atoms with Gasteiger partial charge >= 0.3 is 0 Å². The summed E-state index contributed by atoms with van der Waals surface area (Å²) in [5.74, 6) is 1.84. The number of amides is 1. The molecule has 4 aromatic rings. The van der Waals surface area contributed by atoms with Crippen molar-refractivity contribution in [1.82, 2.24) is 24.6 Å². The molecule has 140 valence electrons. The van der Waals surface area contributed by atoms with Crippen molar-refractivity contribution in [1.29, 1.82) is 0 Å². The third-order valence-corrected chi connectivity index (χ3v) is 4.93. The molecule has 0 spiro atoms. The summed E-state index contributed by atoms with van der Waals surface area (Å²) >= 11 is 0. The molecule has 28 heavy (non-hydrogen) atoms. The van der Waals surface area contributed by atoms with Crippen molar-refractivity contribution in [3.8, 4) is 5.82 Å². The van der Waals surface area contributed by atoms with E-state index in [1.807, 2.05) is 53.6 Å². The number of imidazole rings is 1. The summed E-state index contributed by atoms with van der Waals surface area (Å²) in [6, 6.07) is 13.3. The number of anilines is 1. The lowest BCUT2D eigenvalue weighted by Gasteiger charge is -2.34. The fourth-order valence-corrected chi connectivity index (χ4v) is 3.40. The fraction of sp³-hybridized carbons (Fsp3) is 0.200. The van der Waals surface area contributed by atoms with Gasteiger partial charge in [-0.05, 0) is 24.3 Å². The van der Waals surface area contributed by atoms with E-state index in [0.717, 1.165) is 22.6 Å². The summed E-state index contributed by atoms with van der Waals surface area (Å²) in [4.78, 5) is 20.7. The van der Waals surface area contributed by atoms with Crippen LogP contribution in [-0.2, 0) is 0 Å². The minimum Gasteiger partial charge on any atom is -0.451 e. The van der Waals surface area contributed by atoms with Crippen molar-refractivity contribution in [3.63, 3.8) is 0 Å². The molecule has 1 saturated heterocycles. The number of furan rings is 1. The first kappa shape index (κ1) is 16.5. The molecule has 0 saturated carbocycles. The van der Waals surface area contributed by atoms with E-state index >= 15 is 0 Å². The highest BCUT2D eigenvalue weighted by Crippen LogP contribution is 2.21. The van der Waals surface area contributed by atoms with Gasteiger partial charge in [0.25, 0.3) is 5.91 Å².